The molecule has 1 heterocycles. The second-order valence-electron chi connectivity index (χ2n) is 5.79. The molecule has 1 aromatic carbocycles. The normalized spacial score (nSPS) is 16.9. The molecule has 24 heavy (non-hydrogen) atoms. The lowest BCUT2D eigenvalue weighted by atomic mass is 9.81. The van der Waals surface area contributed by atoms with Crippen molar-refractivity contribution in [2.45, 2.75) is 25.3 Å². The van der Waals surface area contributed by atoms with Crippen molar-refractivity contribution in [2.24, 2.45) is 0 Å². The lowest BCUT2D eigenvalue weighted by molar-refractivity contribution is -0.144. The van der Waals surface area contributed by atoms with Crippen LogP contribution in [0.4, 0.5) is 0 Å². The number of methoxy groups -OCH3 is 2. The second-order valence-corrected chi connectivity index (χ2v) is 5.79. The van der Waals surface area contributed by atoms with Gasteiger partial charge in [0.1, 0.15) is 0 Å². The molecule has 6 heteroatoms. The highest BCUT2D eigenvalue weighted by Crippen LogP contribution is 2.40. The average Bonchev–Trinajstić information content (AvgIpc) is 2.62. The summed E-state index contributed by atoms with van der Waals surface area (Å²) in [5.74, 6) is 1.08. The Bertz CT molecular complexity index is 616. The summed E-state index contributed by atoms with van der Waals surface area (Å²) >= 11 is 0. The number of rotatable bonds is 6. The van der Waals surface area contributed by atoms with E-state index in [1.54, 1.807) is 21.1 Å². The third kappa shape index (κ3) is 3.80. The predicted molar refractivity (Wildman–Crippen MR) is 90.1 cm³/mol. The molecule has 1 aromatic rings. The fraction of sp³-hybridized carbons (Fsp3) is 0.556. The van der Waals surface area contributed by atoms with Gasteiger partial charge in [-0.3, -0.25) is 9.69 Å². The zero-order chi connectivity index (χ0) is 17.6. The fourth-order valence-electron chi connectivity index (χ4n) is 3.06. The molecular weight excluding hydrogens is 308 g/mol. The van der Waals surface area contributed by atoms with Crippen molar-refractivity contribution in [3.63, 3.8) is 0 Å². The lowest BCUT2D eigenvalue weighted by Gasteiger charge is -2.33. The van der Waals surface area contributed by atoms with E-state index in [0.717, 1.165) is 5.56 Å². The van der Waals surface area contributed by atoms with Crippen molar-refractivity contribution < 1.29 is 19.0 Å². The van der Waals surface area contributed by atoms with Crippen LogP contribution in [0.25, 0.3) is 4.85 Å². The van der Waals surface area contributed by atoms with Crippen molar-refractivity contribution in [3.05, 3.63) is 35.2 Å². The highest BCUT2D eigenvalue weighted by molar-refractivity contribution is 5.71. The first kappa shape index (κ1) is 18.1. The van der Waals surface area contributed by atoms with E-state index in [2.05, 4.69) is 4.85 Å². The Kier molecular flexibility index (Phi) is 6.04. The number of piperidine rings is 1. The molecule has 0 amide bonds. The molecule has 1 aliphatic rings. The molecular formula is C18H24N2O4. The minimum Gasteiger partial charge on any atom is -0.493 e. The van der Waals surface area contributed by atoms with E-state index < -0.39 is 5.54 Å². The molecule has 0 spiro atoms. The van der Waals surface area contributed by atoms with Crippen LogP contribution in [-0.2, 0) is 15.1 Å². The zero-order valence-corrected chi connectivity index (χ0v) is 14.5. The Morgan fingerprint density at radius 3 is 2.46 bits per heavy atom. The van der Waals surface area contributed by atoms with E-state index in [0.29, 0.717) is 44.0 Å². The van der Waals surface area contributed by atoms with Crippen molar-refractivity contribution in [2.75, 3.05) is 40.5 Å². The molecule has 0 saturated carbocycles. The second kappa shape index (κ2) is 8.02. The molecule has 6 nitrogen and oxygen atoms in total. The summed E-state index contributed by atoms with van der Waals surface area (Å²) in [7, 11) is 3.18. The maximum Gasteiger partial charge on any atom is 0.320 e. The standard InChI is InChI=1S/C18H24N2O4/c1-5-24-17(21)13-20-10-8-18(19-2,9-11-20)14-6-7-15(22-3)16(12-14)23-4/h6-7,12H,5,8-11,13H2,1,3-4H3. The Labute approximate surface area is 143 Å². The van der Waals surface area contributed by atoms with Crippen LogP contribution < -0.4 is 9.47 Å². The van der Waals surface area contributed by atoms with Crippen molar-refractivity contribution >= 4 is 5.97 Å². The SMILES string of the molecule is [C-]#[N+]C1(c2ccc(OC)c(OC)c2)CCN(CC(=O)OCC)CC1. The van der Waals surface area contributed by atoms with Crippen LogP contribution in [0.3, 0.4) is 0 Å². The molecule has 0 aromatic heterocycles. The number of esters is 1. The summed E-state index contributed by atoms with van der Waals surface area (Å²) in [6.45, 7) is 11.6. The van der Waals surface area contributed by atoms with Gasteiger partial charge in [0.15, 0.2) is 11.5 Å². The Hall–Kier alpha value is -2.26. The summed E-state index contributed by atoms with van der Waals surface area (Å²) in [4.78, 5) is 17.6. The first-order valence-electron chi connectivity index (χ1n) is 8.07. The Morgan fingerprint density at radius 2 is 1.92 bits per heavy atom. The first-order chi connectivity index (χ1) is 11.6. The summed E-state index contributed by atoms with van der Waals surface area (Å²) < 4.78 is 15.6. The Morgan fingerprint density at radius 1 is 1.25 bits per heavy atom. The van der Waals surface area contributed by atoms with E-state index in [4.69, 9.17) is 20.8 Å². The van der Waals surface area contributed by atoms with Gasteiger partial charge >= 0.3 is 5.97 Å². The molecule has 0 N–H and O–H groups in total. The van der Waals surface area contributed by atoms with Gasteiger partial charge in [-0.1, -0.05) is 0 Å². The van der Waals surface area contributed by atoms with Crippen LogP contribution in [0.5, 0.6) is 11.5 Å². The van der Waals surface area contributed by atoms with E-state index in [1.165, 1.54) is 0 Å². The van der Waals surface area contributed by atoms with Gasteiger partial charge in [0, 0.05) is 31.5 Å². The van der Waals surface area contributed by atoms with E-state index in [-0.39, 0.29) is 12.5 Å². The van der Waals surface area contributed by atoms with Crippen LogP contribution >= 0.6 is 0 Å². The molecule has 1 aliphatic heterocycles. The maximum atomic E-state index is 11.6. The largest absolute Gasteiger partial charge is 0.493 e. The van der Waals surface area contributed by atoms with Crippen LogP contribution in [0.2, 0.25) is 0 Å². The smallest absolute Gasteiger partial charge is 0.320 e. The number of likely N-dealkylation sites (tertiary alicyclic amines) is 1. The molecule has 0 atom stereocenters. The Balaban J connectivity index is 2.12. The molecule has 0 radical (unpaired) electrons. The third-order valence-electron chi connectivity index (χ3n) is 4.48. The van der Waals surface area contributed by atoms with Gasteiger partial charge in [-0.15, -0.1) is 0 Å². The summed E-state index contributed by atoms with van der Waals surface area (Å²) in [6.07, 6.45) is 1.34. The zero-order valence-electron chi connectivity index (χ0n) is 14.5. The minimum absolute atomic E-state index is 0.209. The van der Waals surface area contributed by atoms with Crippen LogP contribution in [0, 0.1) is 6.57 Å². The average molecular weight is 332 g/mol. The van der Waals surface area contributed by atoms with Gasteiger partial charge in [-0.05, 0) is 25.1 Å². The minimum atomic E-state index is -0.579. The van der Waals surface area contributed by atoms with Crippen LogP contribution in [0.15, 0.2) is 18.2 Å². The number of hydrogen-bond donors (Lipinski definition) is 0. The van der Waals surface area contributed by atoms with E-state index >= 15 is 0 Å². The lowest BCUT2D eigenvalue weighted by Crippen LogP contribution is -2.43. The first-order valence-corrected chi connectivity index (χ1v) is 8.07. The van der Waals surface area contributed by atoms with Gasteiger partial charge < -0.3 is 19.1 Å². The van der Waals surface area contributed by atoms with Gasteiger partial charge in [0.2, 0.25) is 0 Å². The predicted octanol–water partition coefficient (Wildman–Crippen LogP) is 2.48. The monoisotopic (exact) mass is 332 g/mol. The molecule has 1 saturated heterocycles. The number of carbonyl (C=O) groups is 1. The van der Waals surface area contributed by atoms with E-state index in [1.807, 2.05) is 23.1 Å². The molecule has 1 fully saturated rings. The number of ether oxygens (including phenoxy) is 3. The van der Waals surface area contributed by atoms with Gasteiger partial charge in [-0.2, -0.15) is 0 Å². The third-order valence-corrected chi connectivity index (χ3v) is 4.48. The molecule has 2 rings (SSSR count). The van der Waals surface area contributed by atoms with Crippen LogP contribution in [-0.4, -0.2) is 51.3 Å². The van der Waals surface area contributed by atoms with Gasteiger partial charge in [-0.25, -0.2) is 6.57 Å². The van der Waals surface area contributed by atoms with Gasteiger partial charge in [0.25, 0.3) is 5.54 Å². The van der Waals surface area contributed by atoms with Crippen molar-refractivity contribution in [1.29, 1.82) is 0 Å². The van der Waals surface area contributed by atoms with Crippen molar-refractivity contribution in [3.8, 4) is 11.5 Å². The quantitative estimate of drug-likeness (QED) is 0.592. The van der Waals surface area contributed by atoms with Crippen LogP contribution in [0.1, 0.15) is 25.3 Å². The summed E-state index contributed by atoms with van der Waals surface area (Å²) in [5.41, 5.74) is 0.357. The number of carbonyl (C=O) groups excluding carboxylic acids is 1. The molecule has 130 valence electrons. The number of hydrogen-bond acceptors (Lipinski definition) is 5. The summed E-state index contributed by atoms with van der Waals surface area (Å²) in [5, 5.41) is 0. The topological polar surface area (TPSA) is 52.4 Å². The maximum absolute atomic E-state index is 11.6. The molecule has 0 bridgehead atoms. The number of benzene rings is 1. The summed E-state index contributed by atoms with van der Waals surface area (Å²) in [6, 6.07) is 5.66. The highest BCUT2D eigenvalue weighted by Gasteiger charge is 2.43. The van der Waals surface area contributed by atoms with Gasteiger partial charge in [0.05, 0.1) is 27.4 Å². The number of nitrogens with zero attached hydrogens (tertiary/aromatic N) is 2. The fourth-order valence-corrected chi connectivity index (χ4v) is 3.06. The molecule has 0 aliphatic carbocycles. The van der Waals surface area contributed by atoms with Crippen molar-refractivity contribution in [1.82, 2.24) is 4.90 Å². The molecule has 0 unspecified atom stereocenters. The highest BCUT2D eigenvalue weighted by atomic mass is 16.5. The van der Waals surface area contributed by atoms with E-state index in [9.17, 15) is 4.79 Å².